The third-order valence-corrected chi connectivity index (χ3v) is 3.53. The summed E-state index contributed by atoms with van der Waals surface area (Å²) < 4.78 is 10.3. The molecule has 2 amide bonds. The van der Waals surface area contributed by atoms with Gasteiger partial charge in [0.1, 0.15) is 17.6 Å². The van der Waals surface area contributed by atoms with Gasteiger partial charge in [0.2, 0.25) is 11.8 Å². The maximum atomic E-state index is 11.8. The maximum absolute atomic E-state index is 11.8. The number of aliphatic hydroxyl groups is 1. The van der Waals surface area contributed by atoms with E-state index in [2.05, 4.69) is 0 Å². The van der Waals surface area contributed by atoms with Crippen LogP contribution in [0.3, 0.4) is 0 Å². The number of benzene rings is 1. The van der Waals surface area contributed by atoms with Gasteiger partial charge in [-0.2, -0.15) is 0 Å². The maximum Gasteiger partial charge on any atom is 0.229 e. The monoisotopic (exact) mass is 293 g/mol. The van der Waals surface area contributed by atoms with E-state index < -0.39 is 6.10 Å². The summed E-state index contributed by atoms with van der Waals surface area (Å²) in [6.07, 6.45) is 0.245. The topological polar surface area (TPSA) is 76.1 Å². The van der Waals surface area contributed by atoms with E-state index in [1.807, 2.05) is 0 Å². The van der Waals surface area contributed by atoms with Crippen molar-refractivity contribution in [1.82, 2.24) is 4.90 Å². The van der Waals surface area contributed by atoms with Crippen molar-refractivity contribution in [3.05, 3.63) is 23.8 Å². The van der Waals surface area contributed by atoms with E-state index in [1.54, 1.807) is 18.2 Å². The number of hydrogen-bond acceptors (Lipinski definition) is 5. The second-order valence-electron chi connectivity index (χ2n) is 4.88. The average molecular weight is 293 g/mol. The first kappa shape index (κ1) is 15.3. The van der Waals surface area contributed by atoms with Gasteiger partial charge in [0.05, 0.1) is 20.8 Å². The lowest BCUT2D eigenvalue weighted by molar-refractivity contribution is -0.149. The molecule has 1 atom stereocenters. The predicted octanol–water partition coefficient (Wildman–Crippen LogP) is 1.28. The molecule has 6 heteroatoms. The Balaban J connectivity index is 2.20. The summed E-state index contributed by atoms with van der Waals surface area (Å²) in [6, 6.07) is 5.03. The van der Waals surface area contributed by atoms with E-state index in [0.717, 1.165) is 4.90 Å². The summed E-state index contributed by atoms with van der Waals surface area (Å²) in [5, 5.41) is 10.4. The highest BCUT2D eigenvalue weighted by Crippen LogP contribution is 2.30. The van der Waals surface area contributed by atoms with Crippen molar-refractivity contribution in [1.29, 1.82) is 0 Å². The van der Waals surface area contributed by atoms with Crippen molar-refractivity contribution in [2.75, 3.05) is 20.8 Å². The van der Waals surface area contributed by atoms with Crippen molar-refractivity contribution in [3.63, 3.8) is 0 Å². The van der Waals surface area contributed by atoms with Crippen molar-refractivity contribution in [2.45, 2.75) is 25.4 Å². The molecule has 1 N–H and O–H groups in total. The number of hydrogen-bond donors (Lipinski definition) is 1. The SMILES string of the molecule is COc1ccc(OC)c(C(O)CN2C(=O)CCCC2=O)c1. The lowest BCUT2D eigenvalue weighted by atomic mass is 10.0. The van der Waals surface area contributed by atoms with E-state index in [9.17, 15) is 14.7 Å². The number of ether oxygens (including phenoxy) is 2. The van der Waals surface area contributed by atoms with Crippen LogP contribution >= 0.6 is 0 Å². The molecule has 0 radical (unpaired) electrons. The lowest BCUT2D eigenvalue weighted by Crippen LogP contribution is -2.42. The normalized spacial score (nSPS) is 16.8. The van der Waals surface area contributed by atoms with Crippen LogP contribution in [0.25, 0.3) is 0 Å². The van der Waals surface area contributed by atoms with E-state index in [1.165, 1.54) is 14.2 Å². The Labute approximate surface area is 123 Å². The van der Waals surface area contributed by atoms with Gasteiger partial charge in [0.15, 0.2) is 0 Å². The van der Waals surface area contributed by atoms with Gasteiger partial charge in [0, 0.05) is 18.4 Å². The third-order valence-electron chi connectivity index (χ3n) is 3.53. The molecule has 21 heavy (non-hydrogen) atoms. The number of rotatable bonds is 5. The Bertz CT molecular complexity index is 527. The van der Waals surface area contributed by atoms with Gasteiger partial charge in [-0.3, -0.25) is 14.5 Å². The van der Waals surface area contributed by atoms with E-state index >= 15 is 0 Å². The highest BCUT2D eigenvalue weighted by molar-refractivity contribution is 5.97. The Morgan fingerprint density at radius 2 is 1.86 bits per heavy atom. The van der Waals surface area contributed by atoms with Crippen molar-refractivity contribution in [2.24, 2.45) is 0 Å². The summed E-state index contributed by atoms with van der Waals surface area (Å²) >= 11 is 0. The molecule has 1 unspecified atom stereocenters. The summed E-state index contributed by atoms with van der Waals surface area (Å²) in [6.45, 7) is -0.0683. The molecule has 1 aliphatic rings. The Morgan fingerprint density at radius 3 is 2.43 bits per heavy atom. The first-order valence-electron chi connectivity index (χ1n) is 6.80. The van der Waals surface area contributed by atoms with Crippen molar-refractivity contribution < 1.29 is 24.2 Å². The number of likely N-dealkylation sites (tertiary alicyclic amines) is 1. The molecule has 1 saturated heterocycles. The van der Waals surface area contributed by atoms with Gasteiger partial charge in [-0.25, -0.2) is 0 Å². The van der Waals surface area contributed by atoms with Crippen LogP contribution in [0, 0.1) is 0 Å². The van der Waals surface area contributed by atoms with Crippen LogP contribution in [0.4, 0.5) is 0 Å². The molecule has 6 nitrogen and oxygen atoms in total. The second kappa shape index (κ2) is 6.58. The minimum absolute atomic E-state index is 0.0683. The Morgan fingerprint density at radius 1 is 1.19 bits per heavy atom. The molecule has 0 spiro atoms. The van der Waals surface area contributed by atoms with Crippen LogP contribution in [-0.2, 0) is 9.59 Å². The molecular formula is C15H19NO5. The van der Waals surface area contributed by atoms with Gasteiger partial charge in [0.25, 0.3) is 0 Å². The number of piperidine rings is 1. The largest absolute Gasteiger partial charge is 0.497 e. The first-order chi connectivity index (χ1) is 10.1. The fraction of sp³-hybridized carbons (Fsp3) is 0.467. The lowest BCUT2D eigenvalue weighted by Gasteiger charge is -2.27. The molecule has 1 fully saturated rings. The Kier molecular flexibility index (Phi) is 4.80. The number of aliphatic hydroxyl groups excluding tert-OH is 1. The average Bonchev–Trinajstić information content (AvgIpc) is 2.50. The zero-order valence-corrected chi connectivity index (χ0v) is 12.2. The zero-order valence-electron chi connectivity index (χ0n) is 12.2. The molecular weight excluding hydrogens is 274 g/mol. The second-order valence-corrected chi connectivity index (χ2v) is 4.88. The molecule has 1 heterocycles. The minimum Gasteiger partial charge on any atom is -0.497 e. The molecule has 0 aliphatic carbocycles. The number of carbonyl (C=O) groups excluding carboxylic acids is 2. The smallest absolute Gasteiger partial charge is 0.229 e. The molecule has 1 aromatic rings. The molecule has 1 aliphatic heterocycles. The predicted molar refractivity (Wildman–Crippen MR) is 75.1 cm³/mol. The van der Waals surface area contributed by atoms with Gasteiger partial charge in [-0.15, -0.1) is 0 Å². The zero-order chi connectivity index (χ0) is 15.4. The number of β-amino-alcohol motifs (C(OH)–C–C–N with tert-alkyl or cyclic N) is 1. The van der Waals surface area contributed by atoms with Gasteiger partial charge in [-0.1, -0.05) is 0 Å². The van der Waals surface area contributed by atoms with Crippen molar-refractivity contribution >= 4 is 11.8 Å². The van der Waals surface area contributed by atoms with E-state index in [0.29, 0.717) is 36.3 Å². The quantitative estimate of drug-likeness (QED) is 0.828. The highest BCUT2D eigenvalue weighted by atomic mass is 16.5. The van der Waals surface area contributed by atoms with Crippen LogP contribution in [0.2, 0.25) is 0 Å². The van der Waals surface area contributed by atoms with Gasteiger partial charge < -0.3 is 14.6 Å². The minimum atomic E-state index is -1.01. The molecule has 1 aromatic carbocycles. The summed E-state index contributed by atoms with van der Waals surface area (Å²) in [4.78, 5) is 24.7. The summed E-state index contributed by atoms with van der Waals surface area (Å²) in [7, 11) is 3.02. The van der Waals surface area contributed by atoms with E-state index in [-0.39, 0.29) is 18.4 Å². The fourth-order valence-corrected chi connectivity index (χ4v) is 2.37. The number of imide groups is 1. The van der Waals surface area contributed by atoms with Crippen LogP contribution < -0.4 is 9.47 Å². The number of methoxy groups -OCH3 is 2. The summed E-state index contributed by atoms with van der Waals surface area (Å²) in [5.41, 5.74) is 0.489. The van der Waals surface area contributed by atoms with Crippen LogP contribution in [0.5, 0.6) is 11.5 Å². The molecule has 2 rings (SSSR count). The van der Waals surface area contributed by atoms with Gasteiger partial charge >= 0.3 is 0 Å². The van der Waals surface area contributed by atoms with Crippen LogP contribution in [-0.4, -0.2) is 42.6 Å². The van der Waals surface area contributed by atoms with Crippen LogP contribution in [0.1, 0.15) is 30.9 Å². The first-order valence-corrected chi connectivity index (χ1v) is 6.80. The number of amides is 2. The third kappa shape index (κ3) is 3.33. The highest BCUT2D eigenvalue weighted by Gasteiger charge is 2.29. The van der Waals surface area contributed by atoms with Gasteiger partial charge in [-0.05, 0) is 24.6 Å². The standard InChI is InChI=1S/C15H19NO5/c1-20-10-6-7-13(21-2)11(8-10)12(17)9-16-14(18)4-3-5-15(16)19/h6-8,12,17H,3-5,9H2,1-2H3. The summed E-state index contributed by atoms with van der Waals surface area (Å²) in [5.74, 6) is 0.570. The number of nitrogens with zero attached hydrogens (tertiary/aromatic N) is 1. The van der Waals surface area contributed by atoms with Crippen LogP contribution in [0.15, 0.2) is 18.2 Å². The number of carbonyl (C=O) groups is 2. The fourth-order valence-electron chi connectivity index (χ4n) is 2.37. The molecule has 114 valence electrons. The Hall–Kier alpha value is -2.08. The molecule has 0 saturated carbocycles. The molecule has 0 aromatic heterocycles. The van der Waals surface area contributed by atoms with Crippen molar-refractivity contribution in [3.8, 4) is 11.5 Å². The molecule has 0 bridgehead atoms. The van der Waals surface area contributed by atoms with E-state index in [4.69, 9.17) is 9.47 Å².